The maximum atomic E-state index is 13.6. The quantitative estimate of drug-likeness (QED) is 0.127. The van der Waals surface area contributed by atoms with E-state index < -0.39 is 0 Å². The van der Waals surface area contributed by atoms with Gasteiger partial charge in [0.25, 0.3) is 0 Å². The highest BCUT2D eigenvalue weighted by molar-refractivity contribution is 9.10. The van der Waals surface area contributed by atoms with Gasteiger partial charge in [0.15, 0.2) is 5.78 Å². The molecule has 1 aromatic heterocycles. The number of hydrogen-bond donors (Lipinski definition) is 0. The van der Waals surface area contributed by atoms with E-state index in [-0.39, 0.29) is 5.78 Å². The average Bonchev–Trinajstić information content (AvgIpc) is 2.82. The highest BCUT2D eigenvalue weighted by Gasteiger charge is 2.20. The molecule has 1 heterocycles. The van der Waals surface area contributed by atoms with Gasteiger partial charge >= 0.3 is 0 Å². The summed E-state index contributed by atoms with van der Waals surface area (Å²) < 4.78 is 1.81. The normalized spacial score (nSPS) is 11.6. The Kier molecular flexibility index (Phi) is 4.56. The number of aromatic nitrogens is 2. The summed E-state index contributed by atoms with van der Waals surface area (Å²) in [5, 5.41) is 3.81. The molecule has 6 rings (SSSR count). The molecule has 0 saturated carbocycles. The van der Waals surface area contributed by atoms with Crippen LogP contribution in [0, 0.1) is 0 Å². The van der Waals surface area contributed by atoms with Crippen molar-refractivity contribution in [1.82, 2.24) is 9.97 Å². The van der Waals surface area contributed by atoms with Crippen molar-refractivity contribution in [3.63, 3.8) is 0 Å². The topological polar surface area (TPSA) is 42.9 Å². The molecule has 0 fully saturated rings. The maximum Gasteiger partial charge on any atom is 0.193 e. The molecular formula is C27H14Br2N2O. The fraction of sp³-hybridized carbons (Fsp3) is 0. The third-order valence-electron chi connectivity index (χ3n) is 5.72. The minimum Gasteiger partial charge on any atom is -0.289 e. The van der Waals surface area contributed by atoms with Crippen molar-refractivity contribution < 1.29 is 4.79 Å². The van der Waals surface area contributed by atoms with Gasteiger partial charge in [-0.2, -0.15) is 0 Å². The van der Waals surface area contributed by atoms with Crippen molar-refractivity contribution in [3.05, 3.63) is 105 Å². The number of hydrogen-bond acceptors (Lipinski definition) is 3. The fourth-order valence-corrected chi connectivity index (χ4v) is 5.13. The van der Waals surface area contributed by atoms with Crippen LogP contribution in [-0.2, 0) is 0 Å². The molecule has 0 aliphatic rings. The van der Waals surface area contributed by atoms with Gasteiger partial charge in [-0.15, -0.1) is 0 Å². The number of carbonyl (C=O) groups excluding carboxylic acids is 1. The number of fused-ring (bicyclic) bond motifs is 7. The summed E-state index contributed by atoms with van der Waals surface area (Å²) in [6.07, 6.45) is 0. The molecule has 0 saturated heterocycles. The van der Waals surface area contributed by atoms with E-state index in [0.717, 1.165) is 52.6 Å². The van der Waals surface area contributed by atoms with Gasteiger partial charge < -0.3 is 0 Å². The molecule has 0 atom stereocenters. The van der Waals surface area contributed by atoms with Crippen molar-refractivity contribution in [2.24, 2.45) is 0 Å². The number of carbonyl (C=O) groups is 1. The molecule has 0 aliphatic carbocycles. The number of nitrogens with zero attached hydrogens (tertiary/aromatic N) is 2. The van der Waals surface area contributed by atoms with Crippen LogP contribution in [-0.4, -0.2) is 15.8 Å². The summed E-state index contributed by atoms with van der Waals surface area (Å²) in [5.41, 5.74) is 4.42. The lowest BCUT2D eigenvalue weighted by Crippen LogP contribution is -2.04. The predicted molar refractivity (Wildman–Crippen MR) is 137 cm³/mol. The molecule has 0 aliphatic heterocycles. The number of ketones is 1. The fourth-order valence-electron chi connectivity index (χ4n) is 4.31. The Morgan fingerprint density at radius 1 is 0.625 bits per heavy atom. The number of para-hydroxylation sites is 2. The molecule has 3 nitrogen and oxygen atoms in total. The van der Waals surface area contributed by atoms with E-state index in [1.807, 2.05) is 66.7 Å². The summed E-state index contributed by atoms with van der Waals surface area (Å²) in [6.45, 7) is 0. The number of rotatable bonds is 2. The third kappa shape index (κ3) is 3.04. The van der Waals surface area contributed by atoms with Crippen LogP contribution in [0.4, 0.5) is 0 Å². The van der Waals surface area contributed by atoms with Crippen molar-refractivity contribution >= 4 is 81.3 Å². The summed E-state index contributed by atoms with van der Waals surface area (Å²) >= 11 is 7.24. The Balaban J connectivity index is 1.87. The van der Waals surface area contributed by atoms with E-state index in [1.165, 1.54) is 0 Å². The lowest BCUT2D eigenvalue weighted by molar-refractivity contribution is 0.104. The van der Waals surface area contributed by atoms with Crippen molar-refractivity contribution in [2.75, 3.05) is 0 Å². The maximum absolute atomic E-state index is 13.6. The second kappa shape index (κ2) is 7.47. The second-order valence-corrected chi connectivity index (χ2v) is 9.50. The molecule has 5 heteroatoms. The van der Waals surface area contributed by atoms with E-state index in [9.17, 15) is 4.79 Å². The lowest BCUT2D eigenvalue weighted by Gasteiger charge is -2.14. The van der Waals surface area contributed by atoms with Crippen molar-refractivity contribution in [3.8, 4) is 0 Å². The molecule has 0 N–H and O–H groups in total. The first-order chi connectivity index (χ1) is 15.6. The van der Waals surface area contributed by atoms with E-state index in [1.54, 1.807) is 0 Å². The van der Waals surface area contributed by atoms with Gasteiger partial charge in [-0.1, -0.05) is 80.4 Å². The molecule has 0 bridgehead atoms. The largest absolute Gasteiger partial charge is 0.289 e. The van der Waals surface area contributed by atoms with Gasteiger partial charge in [-0.25, -0.2) is 9.97 Å². The Morgan fingerprint density at radius 3 is 2.03 bits per heavy atom. The zero-order valence-electron chi connectivity index (χ0n) is 16.6. The predicted octanol–water partition coefficient (Wildman–Crippen LogP) is 7.85. The standard InChI is InChI=1S/C27H14Br2N2O/c28-16-10-11-18-19(12-16)20-13-17(29)14-21(27(32)15-6-2-1-3-7-15)24(20)26-25(18)30-22-8-4-5-9-23(22)31-26/h1-14H. The monoisotopic (exact) mass is 540 g/mol. The summed E-state index contributed by atoms with van der Waals surface area (Å²) in [6, 6.07) is 27.3. The Morgan fingerprint density at radius 2 is 1.28 bits per heavy atom. The molecule has 0 spiro atoms. The number of benzene rings is 5. The first-order valence-electron chi connectivity index (χ1n) is 10.1. The van der Waals surface area contributed by atoms with Crippen molar-refractivity contribution in [2.45, 2.75) is 0 Å². The van der Waals surface area contributed by atoms with E-state index >= 15 is 0 Å². The smallest absolute Gasteiger partial charge is 0.193 e. The SMILES string of the molecule is O=C(c1ccccc1)c1cc(Br)cc2c3cc(Br)ccc3c3nc4ccccc4nc3c12. The van der Waals surface area contributed by atoms with Crippen LogP contribution in [0.25, 0.3) is 43.6 Å². The van der Waals surface area contributed by atoms with Gasteiger partial charge in [0.2, 0.25) is 0 Å². The minimum absolute atomic E-state index is 0.0393. The molecule has 5 aromatic carbocycles. The summed E-state index contributed by atoms with van der Waals surface area (Å²) in [7, 11) is 0. The molecule has 0 unspecified atom stereocenters. The third-order valence-corrected chi connectivity index (χ3v) is 6.67. The van der Waals surface area contributed by atoms with E-state index in [0.29, 0.717) is 11.1 Å². The van der Waals surface area contributed by atoms with E-state index in [2.05, 4.69) is 50.1 Å². The van der Waals surface area contributed by atoms with Crippen LogP contribution in [0.2, 0.25) is 0 Å². The lowest BCUT2D eigenvalue weighted by atomic mass is 9.92. The first-order valence-corrected chi connectivity index (χ1v) is 11.7. The Hall–Kier alpha value is -3.15. The van der Waals surface area contributed by atoms with E-state index in [4.69, 9.17) is 9.97 Å². The highest BCUT2D eigenvalue weighted by atomic mass is 79.9. The van der Waals surface area contributed by atoms with Crippen LogP contribution in [0.5, 0.6) is 0 Å². The highest BCUT2D eigenvalue weighted by Crippen LogP contribution is 2.39. The van der Waals surface area contributed by atoms with Crippen molar-refractivity contribution in [1.29, 1.82) is 0 Å². The molecular weight excluding hydrogens is 528 g/mol. The summed E-state index contributed by atoms with van der Waals surface area (Å²) in [5.74, 6) is -0.0393. The van der Waals surface area contributed by atoms with Gasteiger partial charge in [-0.3, -0.25) is 4.79 Å². The van der Waals surface area contributed by atoms with Crippen LogP contribution < -0.4 is 0 Å². The minimum atomic E-state index is -0.0393. The van der Waals surface area contributed by atoms with Gasteiger partial charge in [-0.05, 0) is 47.2 Å². The molecule has 152 valence electrons. The molecule has 0 amide bonds. The summed E-state index contributed by atoms with van der Waals surface area (Å²) in [4.78, 5) is 23.6. The molecule has 32 heavy (non-hydrogen) atoms. The molecule has 6 aromatic rings. The van der Waals surface area contributed by atoms with Crippen LogP contribution in [0.15, 0.2) is 93.9 Å². The van der Waals surface area contributed by atoms with Crippen LogP contribution in [0.1, 0.15) is 15.9 Å². The number of halogens is 2. The van der Waals surface area contributed by atoms with Crippen LogP contribution in [0.3, 0.4) is 0 Å². The Labute approximate surface area is 200 Å². The molecule has 0 radical (unpaired) electrons. The first kappa shape index (κ1) is 19.5. The van der Waals surface area contributed by atoms with Crippen LogP contribution >= 0.6 is 31.9 Å². The zero-order valence-corrected chi connectivity index (χ0v) is 19.8. The van der Waals surface area contributed by atoms with Gasteiger partial charge in [0.1, 0.15) is 0 Å². The second-order valence-electron chi connectivity index (χ2n) is 7.67. The van der Waals surface area contributed by atoms with Gasteiger partial charge in [0.05, 0.1) is 22.1 Å². The van der Waals surface area contributed by atoms with Gasteiger partial charge in [0, 0.05) is 30.8 Å². The zero-order chi connectivity index (χ0) is 21.8. The Bertz CT molecular complexity index is 1710. The average molecular weight is 542 g/mol.